The van der Waals surface area contributed by atoms with Gasteiger partial charge in [0.05, 0.1) is 23.3 Å². The van der Waals surface area contributed by atoms with Crippen molar-refractivity contribution in [1.29, 1.82) is 0 Å². The number of thiazole rings is 1. The summed E-state index contributed by atoms with van der Waals surface area (Å²) >= 11 is 1.74. The summed E-state index contributed by atoms with van der Waals surface area (Å²) in [6.07, 6.45) is 3.74. The summed E-state index contributed by atoms with van der Waals surface area (Å²) in [5, 5.41) is 1.08. The SMILES string of the molecule is c1ccc2sc(N3CC(Oc4ccncc4)C3)nc2c1. The lowest BCUT2D eigenvalue weighted by atomic mass is 10.2. The molecule has 20 heavy (non-hydrogen) atoms. The van der Waals surface area contributed by atoms with Crippen LogP contribution in [0.1, 0.15) is 0 Å². The first-order valence-corrected chi connectivity index (χ1v) is 7.37. The summed E-state index contributed by atoms with van der Waals surface area (Å²) in [6.45, 7) is 1.78. The lowest BCUT2D eigenvalue weighted by Crippen LogP contribution is -2.54. The maximum absolute atomic E-state index is 5.87. The van der Waals surface area contributed by atoms with Crippen LogP contribution in [-0.4, -0.2) is 29.2 Å². The molecule has 0 radical (unpaired) electrons. The van der Waals surface area contributed by atoms with E-state index < -0.39 is 0 Å². The average molecular weight is 283 g/mol. The number of para-hydroxylation sites is 1. The van der Waals surface area contributed by atoms with Crippen molar-refractivity contribution >= 4 is 26.7 Å². The first-order chi connectivity index (χ1) is 9.88. The standard InChI is InChI=1S/C15H13N3OS/c1-2-4-14-13(3-1)17-15(20-14)18-9-12(10-18)19-11-5-7-16-8-6-11/h1-8,12H,9-10H2. The van der Waals surface area contributed by atoms with Crippen molar-refractivity contribution in [3.8, 4) is 5.75 Å². The number of aromatic nitrogens is 2. The Morgan fingerprint density at radius 2 is 1.90 bits per heavy atom. The van der Waals surface area contributed by atoms with E-state index in [1.807, 2.05) is 18.2 Å². The van der Waals surface area contributed by atoms with Crippen LogP contribution in [-0.2, 0) is 0 Å². The zero-order valence-corrected chi connectivity index (χ0v) is 11.6. The Balaban J connectivity index is 1.43. The molecule has 0 bridgehead atoms. The van der Waals surface area contributed by atoms with Gasteiger partial charge in [0.15, 0.2) is 5.13 Å². The van der Waals surface area contributed by atoms with Gasteiger partial charge >= 0.3 is 0 Å². The van der Waals surface area contributed by atoms with Crippen molar-refractivity contribution in [2.75, 3.05) is 18.0 Å². The number of benzene rings is 1. The van der Waals surface area contributed by atoms with Gasteiger partial charge in [0.2, 0.25) is 0 Å². The van der Waals surface area contributed by atoms with Gasteiger partial charge in [-0.2, -0.15) is 0 Å². The van der Waals surface area contributed by atoms with Crippen LogP contribution < -0.4 is 9.64 Å². The molecular formula is C15H13N3OS. The van der Waals surface area contributed by atoms with E-state index in [0.29, 0.717) is 0 Å². The second-order valence-electron chi connectivity index (χ2n) is 4.79. The van der Waals surface area contributed by atoms with Gasteiger partial charge in [-0.05, 0) is 24.3 Å². The summed E-state index contributed by atoms with van der Waals surface area (Å²) in [5.74, 6) is 0.883. The van der Waals surface area contributed by atoms with Crippen molar-refractivity contribution in [2.24, 2.45) is 0 Å². The number of ether oxygens (including phenoxy) is 1. The Morgan fingerprint density at radius 1 is 1.10 bits per heavy atom. The van der Waals surface area contributed by atoms with Crippen molar-refractivity contribution < 1.29 is 4.74 Å². The molecule has 4 nitrogen and oxygen atoms in total. The predicted octanol–water partition coefficient (Wildman–Crippen LogP) is 2.96. The number of fused-ring (bicyclic) bond motifs is 1. The van der Waals surface area contributed by atoms with Crippen molar-refractivity contribution in [2.45, 2.75) is 6.10 Å². The largest absolute Gasteiger partial charge is 0.487 e. The topological polar surface area (TPSA) is 38.2 Å². The van der Waals surface area contributed by atoms with Crippen LogP contribution in [0, 0.1) is 0 Å². The highest BCUT2D eigenvalue weighted by atomic mass is 32.1. The van der Waals surface area contributed by atoms with E-state index in [0.717, 1.165) is 29.5 Å². The fourth-order valence-corrected chi connectivity index (χ4v) is 3.26. The van der Waals surface area contributed by atoms with Gasteiger partial charge in [0.1, 0.15) is 11.9 Å². The lowest BCUT2D eigenvalue weighted by molar-refractivity contribution is 0.167. The molecule has 100 valence electrons. The van der Waals surface area contributed by atoms with Gasteiger partial charge in [-0.15, -0.1) is 0 Å². The van der Waals surface area contributed by atoms with Crippen LogP contribution in [0.5, 0.6) is 5.75 Å². The molecule has 3 aromatic rings. The molecule has 0 N–H and O–H groups in total. The van der Waals surface area contributed by atoms with E-state index in [2.05, 4.69) is 33.1 Å². The van der Waals surface area contributed by atoms with E-state index >= 15 is 0 Å². The lowest BCUT2D eigenvalue weighted by Gasteiger charge is -2.38. The number of anilines is 1. The molecule has 5 heteroatoms. The highest BCUT2D eigenvalue weighted by Crippen LogP contribution is 2.31. The first kappa shape index (κ1) is 11.7. The quantitative estimate of drug-likeness (QED) is 0.740. The van der Waals surface area contributed by atoms with E-state index in [-0.39, 0.29) is 6.10 Å². The minimum Gasteiger partial charge on any atom is -0.487 e. The monoisotopic (exact) mass is 283 g/mol. The highest BCUT2D eigenvalue weighted by molar-refractivity contribution is 7.22. The van der Waals surface area contributed by atoms with Crippen molar-refractivity contribution in [3.05, 3.63) is 48.8 Å². The molecule has 1 aliphatic rings. The van der Waals surface area contributed by atoms with Gasteiger partial charge in [-0.25, -0.2) is 4.98 Å². The molecule has 2 aromatic heterocycles. The number of rotatable bonds is 3. The smallest absolute Gasteiger partial charge is 0.186 e. The third-order valence-corrected chi connectivity index (χ3v) is 4.45. The zero-order chi connectivity index (χ0) is 13.4. The van der Waals surface area contributed by atoms with E-state index in [1.54, 1.807) is 23.7 Å². The summed E-state index contributed by atoms with van der Waals surface area (Å²) in [7, 11) is 0. The minimum atomic E-state index is 0.240. The summed E-state index contributed by atoms with van der Waals surface area (Å²) in [6, 6.07) is 12.0. The second-order valence-corrected chi connectivity index (χ2v) is 5.80. The zero-order valence-electron chi connectivity index (χ0n) is 10.8. The molecular weight excluding hydrogens is 270 g/mol. The Kier molecular flexibility index (Phi) is 2.77. The fourth-order valence-electron chi connectivity index (χ4n) is 2.27. The van der Waals surface area contributed by atoms with Gasteiger partial charge < -0.3 is 9.64 Å². The summed E-state index contributed by atoms with van der Waals surface area (Å²) < 4.78 is 7.11. The fraction of sp³-hybridized carbons (Fsp3) is 0.200. The average Bonchev–Trinajstić information content (AvgIpc) is 2.86. The normalized spacial score (nSPS) is 15.3. The molecule has 4 rings (SSSR count). The van der Waals surface area contributed by atoms with Gasteiger partial charge in [0.25, 0.3) is 0 Å². The van der Waals surface area contributed by atoms with Crippen LogP contribution in [0.2, 0.25) is 0 Å². The van der Waals surface area contributed by atoms with Gasteiger partial charge in [0, 0.05) is 12.4 Å². The molecule has 1 aliphatic heterocycles. The molecule has 0 atom stereocenters. The Hall–Kier alpha value is -2.14. The molecule has 0 saturated carbocycles. The third-order valence-electron chi connectivity index (χ3n) is 3.35. The molecule has 0 spiro atoms. The second kappa shape index (κ2) is 4.76. The Morgan fingerprint density at radius 3 is 2.70 bits per heavy atom. The van der Waals surface area contributed by atoms with Gasteiger partial charge in [-0.3, -0.25) is 4.98 Å². The minimum absolute atomic E-state index is 0.240. The Bertz CT molecular complexity index is 689. The van der Waals surface area contributed by atoms with Crippen LogP contribution in [0.3, 0.4) is 0 Å². The highest BCUT2D eigenvalue weighted by Gasteiger charge is 2.30. The maximum atomic E-state index is 5.87. The molecule has 3 heterocycles. The molecule has 1 fully saturated rings. The number of hydrogen-bond acceptors (Lipinski definition) is 5. The molecule has 0 aliphatic carbocycles. The molecule has 0 unspecified atom stereocenters. The molecule has 1 aromatic carbocycles. The van der Waals surface area contributed by atoms with Gasteiger partial charge in [-0.1, -0.05) is 23.5 Å². The van der Waals surface area contributed by atoms with Crippen LogP contribution in [0.25, 0.3) is 10.2 Å². The van der Waals surface area contributed by atoms with Crippen LogP contribution in [0.4, 0.5) is 5.13 Å². The van der Waals surface area contributed by atoms with Crippen LogP contribution >= 0.6 is 11.3 Å². The maximum Gasteiger partial charge on any atom is 0.186 e. The van der Waals surface area contributed by atoms with E-state index in [9.17, 15) is 0 Å². The summed E-state index contributed by atoms with van der Waals surface area (Å²) in [5.41, 5.74) is 1.08. The van der Waals surface area contributed by atoms with Crippen molar-refractivity contribution in [3.63, 3.8) is 0 Å². The predicted molar refractivity (Wildman–Crippen MR) is 80.5 cm³/mol. The third kappa shape index (κ3) is 2.10. The van der Waals surface area contributed by atoms with E-state index in [1.165, 1.54) is 4.70 Å². The molecule has 0 amide bonds. The van der Waals surface area contributed by atoms with Crippen LogP contribution in [0.15, 0.2) is 48.8 Å². The number of pyridine rings is 1. The first-order valence-electron chi connectivity index (χ1n) is 6.56. The molecule has 1 saturated heterocycles. The van der Waals surface area contributed by atoms with Crippen molar-refractivity contribution in [1.82, 2.24) is 9.97 Å². The number of hydrogen-bond donors (Lipinski definition) is 0. The van der Waals surface area contributed by atoms with E-state index in [4.69, 9.17) is 4.74 Å². The Labute approximate surface area is 120 Å². The summed E-state index contributed by atoms with van der Waals surface area (Å²) in [4.78, 5) is 10.9. The number of nitrogens with zero attached hydrogens (tertiary/aromatic N) is 3.